The highest BCUT2D eigenvalue weighted by Gasteiger charge is 2.39. The van der Waals surface area contributed by atoms with Gasteiger partial charge in [-0.25, -0.2) is 9.59 Å². The molecule has 0 radical (unpaired) electrons. The largest absolute Gasteiger partial charge is 0.500 e. The van der Waals surface area contributed by atoms with Gasteiger partial charge in [0.2, 0.25) is 0 Å². The number of amides is 1. The SMILES string of the molecule is C=CC(=O)OC(CCCCCCC[Si](OCC)(OCC)OCC)CCCOC(=O)NCCOCC. The molecule has 35 heavy (non-hydrogen) atoms. The second-order valence-corrected chi connectivity index (χ2v) is 10.7. The zero-order valence-electron chi connectivity index (χ0n) is 22.4. The summed E-state index contributed by atoms with van der Waals surface area (Å²) >= 11 is 0. The highest BCUT2D eigenvalue weighted by atomic mass is 28.4. The number of hydrogen-bond acceptors (Lipinski definition) is 8. The van der Waals surface area contributed by atoms with Crippen molar-refractivity contribution in [3.8, 4) is 0 Å². The maximum Gasteiger partial charge on any atom is 0.500 e. The van der Waals surface area contributed by atoms with Crippen molar-refractivity contribution in [1.29, 1.82) is 0 Å². The van der Waals surface area contributed by atoms with E-state index in [2.05, 4.69) is 11.9 Å². The van der Waals surface area contributed by atoms with E-state index in [9.17, 15) is 9.59 Å². The molecule has 0 rings (SSSR count). The van der Waals surface area contributed by atoms with Gasteiger partial charge in [0.05, 0.1) is 13.2 Å². The number of carbonyl (C=O) groups excluding carboxylic acids is 2. The Balaban J connectivity index is 4.20. The maximum absolute atomic E-state index is 11.7. The Morgan fingerprint density at radius 2 is 1.43 bits per heavy atom. The lowest BCUT2D eigenvalue weighted by atomic mass is 10.0. The minimum Gasteiger partial charge on any atom is -0.459 e. The molecule has 0 aromatic heterocycles. The van der Waals surface area contributed by atoms with E-state index in [1.54, 1.807) is 0 Å². The molecule has 0 fully saturated rings. The minimum atomic E-state index is -2.56. The first kappa shape index (κ1) is 33.5. The molecule has 0 aromatic rings. The van der Waals surface area contributed by atoms with Crippen molar-refractivity contribution in [1.82, 2.24) is 5.32 Å². The first-order chi connectivity index (χ1) is 17.0. The lowest BCUT2D eigenvalue weighted by Crippen LogP contribution is -2.45. The maximum atomic E-state index is 11.7. The second-order valence-electron chi connectivity index (χ2n) is 7.95. The number of carbonyl (C=O) groups is 2. The molecule has 0 aliphatic rings. The quantitative estimate of drug-likeness (QED) is 0.0821. The summed E-state index contributed by atoms with van der Waals surface area (Å²) in [5.74, 6) is -0.423. The van der Waals surface area contributed by atoms with Crippen molar-refractivity contribution >= 4 is 20.9 Å². The molecule has 0 aromatic carbocycles. The number of hydrogen-bond donors (Lipinski definition) is 1. The summed E-state index contributed by atoms with van der Waals surface area (Å²) in [6, 6.07) is 0.835. The molecule has 206 valence electrons. The number of rotatable bonds is 24. The van der Waals surface area contributed by atoms with E-state index in [4.69, 9.17) is 27.5 Å². The van der Waals surface area contributed by atoms with E-state index in [0.717, 1.165) is 44.6 Å². The van der Waals surface area contributed by atoms with Crippen LogP contribution in [0.25, 0.3) is 0 Å². The van der Waals surface area contributed by atoms with Crippen LogP contribution in [0.1, 0.15) is 79.1 Å². The lowest BCUT2D eigenvalue weighted by molar-refractivity contribution is -0.143. The van der Waals surface area contributed by atoms with Crippen LogP contribution in [0.5, 0.6) is 0 Å². The monoisotopic (exact) mass is 519 g/mol. The van der Waals surface area contributed by atoms with Crippen molar-refractivity contribution in [2.45, 2.75) is 91.2 Å². The van der Waals surface area contributed by atoms with Crippen LogP contribution in [0.4, 0.5) is 4.79 Å². The minimum absolute atomic E-state index is 0.209. The van der Waals surface area contributed by atoms with Gasteiger partial charge in [-0.1, -0.05) is 25.8 Å². The zero-order chi connectivity index (χ0) is 26.2. The van der Waals surface area contributed by atoms with E-state index < -0.39 is 20.9 Å². The molecule has 1 N–H and O–H groups in total. The van der Waals surface area contributed by atoms with E-state index in [0.29, 0.717) is 52.4 Å². The molecule has 9 nitrogen and oxygen atoms in total. The fraction of sp³-hybridized carbons (Fsp3) is 0.840. The Morgan fingerprint density at radius 1 is 0.829 bits per heavy atom. The number of ether oxygens (including phenoxy) is 3. The third-order valence-corrected chi connectivity index (χ3v) is 8.33. The van der Waals surface area contributed by atoms with Gasteiger partial charge in [-0.2, -0.15) is 0 Å². The molecule has 0 spiro atoms. The van der Waals surface area contributed by atoms with Crippen molar-refractivity contribution in [2.24, 2.45) is 0 Å². The average Bonchev–Trinajstić information content (AvgIpc) is 2.84. The number of alkyl carbamates (subject to hydrolysis) is 1. The molecule has 0 saturated carbocycles. The number of nitrogens with one attached hydrogen (secondary N) is 1. The van der Waals surface area contributed by atoms with Gasteiger partial charge in [-0.15, -0.1) is 0 Å². The third kappa shape index (κ3) is 18.5. The lowest BCUT2D eigenvalue weighted by Gasteiger charge is -2.28. The molecular formula is C25H49NO8Si. The van der Waals surface area contributed by atoms with Crippen LogP contribution >= 0.6 is 0 Å². The average molecular weight is 520 g/mol. The highest BCUT2D eigenvalue weighted by Crippen LogP contribution is 2.21. The van der Waals surface area contributed by atoms with Gasteiger partial charge in [0.25, 0.3) is 0 Å². The van der Waals surface area contributed by atoms with Gasteiger partial charge in [-0.05, 0) is 59.8 Å². The van der Waals surface area contributed by atoms with Crippen molar-refractivity contribution < 1.29 is 37.1 Å². The normalized spacial score (nSPS) is 12.2. The number of esters is 1. The Labute approximate surface area is 213 Å². The second kappa shape index (κ2) is 23.0. The van der Waals surface area contributed by atoms with Crippen LogP contribution in [0.3, 0.4) is 0 Å². The molecule has 10 heteroatoms. The molecule has 1 atom stereocenters. The standard InChI is InChI=1S/C25H49NO8Si/c1-6-24(27)34-23(18-16-20-30-25(28)26-19-21-29-7-2)17-14-12-11-13-15-22-35(31-8-3,32-9-4)33-10-5/h6,23H,1,7-22H2,2-5H3,(H,26,28). The number of unbranched alkanes of at least 4 members (excludes halogenated alkanes) is 4. The van der Waals surface area contributed by atoms with Gasteiger partial charge in [0, 0.05) is 45.1 Å². The van der Waals surface area contributed by atoms with Gasteiger partial charge < -0.3 is 32.8 Å². The summed E-state index contributed by atoms with van der Waals surface area (Å²) in [5, 5.41) is 2.63. The predicted molar refractivity (Wildman–Crippen MR) is 138 cm³/mol. The van der Waals surface area contributed by atoms with Gasteiger partial charge in [0.15, 0.2) is 0 Å². The molecule has 0 saturated heterocycles. The Kier molecular flexibility index (Phi) is 22.0. The highest BCUT2D eigenvalue weighted by molar-refractivity contribution is 6.60. The molecule has 0 aliphatic carbocycles. The van der Waals surface area contributed by atoms with Crippen LogP contribution in [0, 0.1) is 0 Å². The molecule has 1 unspecified atom stereocenters. The van der Waals surface area contributed by atoms with Crippen LogP contribution < -0.4 is 5.32 Å². The van der Waals surface area contributed by atoms with Gasteiger partial charge in [-0.3, -0.25) is 0 Å². The van der Waals surface area contributed by atoms with Crippen LogP contribution in [-0.2, 0) is 32.3 Å². The molecule has 0 aliphatic heterocycles. The van der Waals surface area contributed by atoms with Crippen molar-refractivity contribution in [3.63, 3.8) is 0 Å². The first-order valence-corrected chi connectivity index (χ1v) is 15.1. The topological polar surface area (TPSA) is 102 Å². The van der Waals surface area contributed by atoms with E-state index in [1.807, 2.05) is 27.7 Å². The van der Waals surface area contributed by atoms with Crippen LogP contribution in [-0.4, -0.2) is 73.2 Å². The summed E-state index contributed by atoms with van der Waals surface area (Å²) < 4.78 is 33.5. The van der Waals surface area contributed by atoms with Gasteiger partial charge >= 0.3 is 20.9 Å². The summed E-state index contributed by atoms with van der Waals surface area (Å²) in [6.45, 7) is 14.8. The smallest absolute Gasteiger partial charge is 0.459 e. The zero-order valence-corrected chi connectivity index (χ0v) is 23.4. The fourth-order valence-corrected chi connectivity index (χ4v) is 6.30. The molecule has 1 amide bonds. The molecular weight excluding hydrogens is 470 g/mol. The van der Waals surface area contributed by atoms with Gasteiger partial charge in [0.1, 0.15) is 6.10 Å². The first-order valence-electron chi connectivity index (χ1n) is 13.2. The molecule has 0 heterocycles. The summed E-state index contributed by atoms with van der Waals surface area (Å²) in [7, 11) is -2.56. The predicted octanol–water partition coefficient (Wildman–Crippen LogP) is 5.02. The van der Waals surface area contributed by atoms with E-state index in [-0.39, 0.29) is 12.7 Å². The van der Waals surface area contributed by atoms with Crippen molar-refractivity contribution in [2.75, 3.05) is 46.2 Å². The Morgan fingerprint density at radius 3 is 2.03 bits per heavy atom. The summed E-state index contributed by atoms with van der Waals surface area (Å²) in [6.07, 6.45) is 7.71. The van der Waals surface area contributed by atoms with Crippen LogP contribution in [0.15, 0.2) is 12.7 Å². The third-order valence-electron chi connectivity index (χ3n) is 5.17. The Bertz CT molecular complexity index is 533. The van der Waals surface area contributed by atoms with E-state index in [1.165, 1.54) is 6.08 Å². The Hall–Kier alpha value is -1.46. The summed E-state index contributed by atoms with van der Waals surface area (Å²) in [4.78, 5) is 23.3. The summed E-state index contributed by atoms with van der Waals surface area (Å²) in [5.41, 5.74) is 0. The molecule has 0 bridgehead atoms. The van der Waals surface area contributed by atoms with Crippen molar-refractivity contribution in [3.05, 3.63) is 12.7 Å². The van der Waals surface area contributed by atoms with E-state index >= 15 is 0 Å². The fourth-order valence-electron chi connectivity index (χ4n) is 3.62. The van der Waals surface area contributed by atoms with Crippen LogP contribution in [0.2, 0.25) is 6.04 Å².